The zero-order valence-electron chi connectivity index (χ0n) is 23.5. The first-order chi connectivity index (χ1) is 19.4. The number of pyridine rings is 1. The van der Waals surface area contributed by atoms with Gasteiger partial charge in [-0.15, -0.1) is 0 Å². The highest BCUT2D eigenvalue weighted by atomic mass is 79.9. The van der Waals surface area contributed by atoms with Crippen molar-refractivity contribution in [2.45, 2.75) is 66.1 Å². The first-order valence-corrected chi connectivity index (χ1v) is 14.3. The lowest BCUT2D eigenvalue weighted by atomic mass is 10.0. The largest absolute Gasteiger partial charge is 0.325 e. The molecule has 10 nitrogen and oxygen atoms in total. The molecule has 1 saturated carbocycles. The lowest BCUT2D eigenvalue weighted by molar-refractivity contribution is -0.138. The maximum Gasteiger partial charge on any atom is 0.248 e. The van der Waals surface area contributed by atoms with Crippen LogP contribution >= 0.6 is 15.9 Å². The summed E-state index contributed by atoms with van der Waals surface area (Å²) in [5.41, 5.74) is 4.32. The summed E-state index contributed by atoms with van der Waals surface area (Å²) in [6.07, 6.45) is 4.94. The number of aryl methyl sites for hydroxylation is 3. The molecule has 11 heteroatoms. The van der Waals surface area contributed by atoms with E-state index < -0.39 is 6.04 Å². The number of anilines is 1. The van der Waals surface area contributed by atoms with E-state index in [2.05, 4.69) is 48.2 Å². The summed E-state index contributed by atoms with van der Waals surface area (Å²) >= 11 is 3.36. The van der Waals surface area contributed by atoms with Gasteiger partial charge in [0.15, 0.2) is 5.78 Å². The van der Waals surface area contributed by atoms with Gasteiger partial charge in [-0.2, -0.15) is 5.10 Å². The van der Waals surface area contributed by atoms with Crippen molar-refractivity contribution in [1.82, 2.24) is 29.6 Å². The quantitative estimate of drug-likeness (QED) is 0.244. The van der Waals surface area contributed by atoms with Gasteiger partial charge in [-0.25, -0.2) is 15.0 Å². The van der Waals surface area contributed by atoms with Gasteiger partial charge in [-0.1, -0.05) is 13.0 Å². The number of rotatable bonds is 6. The monoisotopic (exact) mass is 615 g/mol. The lowest BCUT2D eigenvalue weighted by Gasteiger charge is -2.27. The van der Waals surface area contributed by atoms with E-state index in [0.717, 1.165) is 28.7 Å². The molecule has 0 spiro atoms. The second-order valence-corrected chi connectivity index (χ2v) is 12.3. The molecule has 3 aromatic heterocycles. The van der Waals surface area contributed by atoms with Crippen LogP contribution in [0.1, 0.15) is 54.1 Å². The molecular weight excluding hydrogens is 586 g/mol. The highest BCUT2D eigenvalue weighted by Crippen LogP contribution is 2.59. The Morgan fingerprint density at radius 3 is 2.49 bits per heavy atom. The van der Waals surface area contributed by atoms with Gasteiger partial charge in [0.25, 0.3) is 0 Å². The standard InChI is InChI=1S/C30H30BrN7O3/c1-15-6-7-24(31)34-28(15)35-29(41)22-10-30(5)11-23(30)38(22)25(40)14-37-27-16(2)8-19(20-12-32-18(4)33-13-20)9-21(27)26(36-37)17(3)39/h6-9,12-13,22-23H,10-11,14H2,1-5H3,(H,34,35,41)/t22-,23+,30?/m0/s1. The van der Waals surface area contributed by atoms with E-state index in [4.69, 9.17) is 0 Å². The van der Waals surface area contributed by atoms with Gasteiger partial charge in [0.2, 0.25) is 11.8 Å². The molecule has 41 heavy (non-hydrogen) atoms. The number of halogens is 1. The number of ketones is 1. The summed E-state index contributed by atoms with van der Waals surface area (Å²) in [6.45, 7) is 9.14. The average Bonchev–Trinajstić information content (AvgIpc) is 3.27. The van der Waals surface area contributed by atoms with Gasteiger partial charge >= 0.3 is 0 Å². The fourth-order valence-corrected chi connectivity index (χ4v) is 6.32. The Morgan fingerprint density at radius 1 is 1.05 bits per heavy atom. The van der Waals surface area contributed by atoms with Crippen molar-refractivity contribution >= 4 is 50.2 Å². The van der Waals surface area contributed by atoms with Crippen LogP contribution in [0.25, 0.3) is 22.0 Å². The summed E-state index contributed by atoms with van der Waals surface area (Å²) in [5.74, 6) is 0.493. The number of Topliss-reactive ketones (excluding diaryl/α,β-unsaturated/α-hetero) is 1. The fourth-order valence-electron chi connectivity index (χ4n) is 6.01. The molecule has 1 N–H and O–H groups in total. The van der Waals surface area contributed by atoms with Crippen LogP contribution in [0.15, 0.2) is 41.3 Å². The first-order valence-electron chi connectivity index (χ1n) is 13.5. The molecule has 3 atom stereocenters. The van der Waals surface area contributed by atoms with Crippen LogP contribution in [0.5, 0.6) is 0 Å². The van der Waals surface area contributed by atoms with Gasteiger partial charge < -0.3 is 10.2 Å². The third-order valence-corrected chi connectivity index (χ3v) is 8.74. The maximum atomic E-state index is 13.9. The molecule has 2 aliphatic rings. The van der Waals surface area contributed by atoms with Crippen molar-refractivity contribution in [2.24, 2.45) is 5.41 Å². The number of nitrogens with zero attached hydrogens (tertiary/aromatic N) is 6. The minimum atomic E-state index is -0.616. The second-order valence-electron chi connectivity index (χ2n) is 11.5. The molecule has 6 rings (SSSR count). The van der Waals surface area contributed by atoms with Crippen LogP contribution in [0.4, 0.5) is 5.82 Å². The van der Waals surface area contributed by atoms with Crippen molar-refractivity contribution in [1.29, 1.82) is 0 Å². The zero-order valence-corrected chi connectivity index (χ0v) is 25.1. The Balaban J connectivity index is 1.32. The van der Waals surface area contributed by atoms with Gasteiger partial charge in [0.05, 0.1) is 5.52 Å². The highest BCUT2D eigenvalue weighted by molar-refractivity contribution is 9.10. The summed E-state index contributed by atoms with van der Waals surface area (Å²) in [5, 5.41) is 8.20. The van der Waals surface area contributed by atoms with Crippen LogP contribution in [-0.2, 0) is 16.1 Å². The second kappa shape index (κ2) is 9.83. The molecule has 1 saturated heterocycles. The average molecular weight is 617 g/mol. The smallest absolute Gasteiger partial charge is 0.248 e. The molecule has 2 fully saturated rings. The zero-order chi connectivity index (χ0) is 29.2. The molecule has 210 valence electrons. The third-order valence-electron chi connectivity index (χ3n) is 8.30. The van der Waals surface area contributed by atoms with Crippen LogP contribution in [-0.4, -0.2) is 59.3 Å². The van der Waals surface area contributed by atoms with E-state index in [1.165, 1.54) is 6.92 Å². The molecule has 1 aliphatic heterocycles. The highest BCUT2D eigenvalue weighted by Gasteiger charge is 2.64. The number of aromatic nitrogens is 5. The normalized spacial score (nSPS) is 21.2. The predicted molar refractivity (Wildman–Crippen MR) is 157 cm³/mol. The molecule has 0 radical (unpaired) electrons. The summed E-state index contributed by atoms with van der Waals surface area (Å²) in [6, 6.07) is 6.95. The Labute approximate surface area is 245 Å². The number of piperidine rings is 1. The number of carbonyl (C=O) groups is 3. The van der Waals surface area contributed by atoms with Crippen molar-refractivity contribution in [2.75, 3.05) is 5.32 Å². The van der Waals surface area contributed by atoms with Crippen LogP contribution in [0.3, 0.4) is 0 Å². The van der Waals surface area contributed by atoms with E-state index in [-0.39, 0.29) is 35.6 Å². The van der Waals surface area contributed by atoms with Crippen molar-refractivity contribution in [3.63, 3.8) is 0 Å². The Bertz CT molecular complexity index is 1750. The van der Waals surface area contributed by atoms with Gasteiger partial charge in [-0.3, -0.25) is 19.1 Å². The van der Waals surface area contributed by atoms with Crippen LogP contribution in [0.2, 0.25) is 0 Å². The van der Waals surface area contributed by atoms with Crippen LogP contribution < -0.4 is 5.32 Å². The predicted octanol–water partition coefficient (Wildman–Crippen LogP) is 4.80. The number of benzene rings is 1. The Kier molecular flexibility index (Phi) is 6.52. The number of hydrogen-bond acceptors (Lipinski definition) is 7. The summed E-state index contributed by atoms with van der Waals surface area (Å²) < 4.78 is 2.22. The van der Waals surface area contributed by atoms with E-state index in [0.29, 0.717) is 39.3 Å². The van der Waals surface area contributed by atoms with Gasteiger partial charge in [0.1, 0.15) is 34.5 Å². The SMILES string of the molecule is CC(=O)c1nn(CC(=O)N2[C@H](C(=O)Nc3nc(Br)ccc3C)CC3(C)C[C@@H]23)c2c(C)cc(-c3cnc(C)nc3)cc12. The molecule has 2 amide bonds. The number of fused-ring (bicyclic) bond motifs is 2. The lowest BCUT2D eigenvalue weighted by Crippen LogP contribution is -2.47. The minimum Gasteiger partial charge on any atom is -0.325 e. The van der Waals surface area contributed by atoms with Crippen molar-refractivity contribution in [3.8, 4) is 11.1 Å². The first kappa shape index (κ1) is 27.2. The summed E-state index contributed by atoms with van der Waals surface area (Å²) in [7, 11) is 0. The maximum absolute atomic E-state index is 13.9. The number of likely N-dealkylation sites (tertiary alicyclic amines) is 1. The van der Waals surface area contributed by atoms with Crippen molar-refractivity contribution < 1.29 is 14.4 Å². The number of carbonyl (C=O) groups excluding carboxylic acids is 3. The summed E-state index contributed by atoms with van der Waals surface area (Å²) in [4.78, 5) is 54.7. The van der Waals surface area contributed by atoms with E-state index in [1.807, 2.05) is 45.0 Å². The molecule has 1 aliphatic carbocycles. The van der Waals surface area contributed by atoms with Crippen molar-refractivity contribution in [3.05, 3.63) is 63.9 Å². The molecule has 1 aromatic carbocycles. The van der Waals surface area contributed by atoms with Gasteiger partial charge in [-0.05, 0) is 89.8 Å². The van der Waals surface area contributed by atoms with E-state index in [9.17, 15) is 14.4 Å². The van der Waals surface area contributed by atoms with E-state index >= 15 is 0 Å². The molecule has 1 unspecified atom stereocenters. The molecular formula is C30H30BrN7O3. The number of hydrogen-bond donors (Lipinski definition) is 1. The Hall–Kier alpha value is -3.99. The molecule has 4 heterocycles. The molecule has 4 aromatic rings. The number of amides is 2. The third kappa shape index (κ3) is 4.81. The number of nitrogens with one attached hydrogen (secondary N) is 1. The van der Waals surface area contributed by atoms with Gasteiger partial charge in [0, 0.05) is 36.3 Å². The Morgan fingerprint density at radius 2 is 1.78 bits per heavy atom. The topological polar surface area (TPSA) is 123 Å². The van der Waals surface area contributed by atoms with E-state index in [1.54, 1.807) is 22.0 Å². The fraction of sp³-hybridized carbons (Fsp3) is 0.367. The van der Waals surface area contributed by atoms with Crippen LogP contribution in [0, 0.1) is 26.2 Å². The molecule has 0 bridgehead atoms. The minimum absolute atomic E-state index is 0.00865.